The summed E-state index contributed by atoms with van der Waals surface area (Å²) in [5.41, 5.74) is -2.97. The number of hydrogen-bond donors (Lipinski definition) is 0. The minimum Gasteiger partial charge on any atom is -0.496 e. The number of fused-ring (bicyclic) bond motifs is 1. The first-order valence-corrected chi connectivity index (χ1v) is 11.1. The molecule has 0 aliphatic heterocycles. The van der Waals surface area contributed by atoms with Crippen LogP contribution in [-0.2, 0) is 10.0 Å². The Balaban J connectivity index is 2.16. The van der Waals surface area contributed by atoms with Crippen molar-refractivity contribution in [3.63, 3.8) is 0 Å². The summed E-state index contributed by atoms with van der Waals surface area (Å²) in [6, 6.07) is 10.3. The van der Waals surface area contributed by atoms with Crippen molar-refractivity contribution in [2.45, 2.75) is 4.90 Å². The highest BCUT2D eigenvalue weighted by molar-refractivity contribution is 7.90. The van der Waals surface area contributed by atoms with Crippen molar-refractivity contribution in [1.82, 2.24) is 3.97 Å². The quantitative estimate of drug-likeness (QED) is 0.161. The molecule has 0 atom stereocenters. The van der Waals surface area contributed by atoms with Crippen LogP contribution < -0.4 is 9.47 Å². The molecule has 0 bridgehead atoms. The second-order valence-corrected chi connectivity index (χ2v) is 8.91. The number of aromatic nitrogens is 1. The third kappa shape index (κ3) is 3.60. The van der Waals surface area contributed by atoms with Gasteiger partial charge in [-0.25, -0.2) is 34.3 Å². The Morgan fingerprint density at radius 2 is 1.29 bits per heavy atom. The van der Waals surface area contributed by atoms with Gasteiger partial charge in [-0.3, -0.25) is 4.79 Å². The SMILES string of the molecule is COc1ccc(OC)c2c1cc(C(=O)c1c(F)c(F)c(F)c(F)c1F)n2S(=O)(=O)c1ccccc1. The molecule has 4 aromatic rings. The maximum Gasteiger partial charge on any atom is 0.268 e. The van der Waals surface area contributed by atoms with E-state index in [1.807, 2.05) is 0 Å². The molecule has 6 nitrogen and oxygen atoms in total. The van der Waals surface area contributed by atoms with Crippen molar-refractivity contribution in [1.29, 1.82) is 0 Å². The van der Waals surface area contributed by atoms with Gasteiger partial charge in [0.25, 0.3) is 10.0 Å². The highest BCUT2D eigenvalue weighted by atomic mass is 32.2. The molecule has 12 heteroatoms. The second kappa shape index (κ2) is 8.69. The molecule has 0 spiro atoms. The molecule has 0 radical (unpaired) electrons. The van der Waals surface area contributed by atoms with Crippen LogP contribution in [-0.4, -0.2) is 32.4 Å². The fourth-order valence-corrected chi connectivity index (χ4v) is 5.15. The molecule has 4 rings (SSSR count). The van der Waals surface area contributed by atoms with Gasteiger partial charge < -0.3 is 9.47 Å². The molecule has 35 heavy (non-hydrogen) atoms. The first kappa shape index (κ1) is 24.2. The molecule has 0 fully saturated rings. The summed E-state index contributed by atoms with van der Waals surface area (Å²) in [4.78, 5) is 12.9. The smallest absolute Gasteiger partial charge is 0.268 e. The molecule has 182 valence electrons. The first-order chi connectivity index (χ1) is 16.6. The van der Waals surface area contributed by atoms with Gasteiger partial charge in [0.1, 0.15) is 28.3 Å². The van der Waals surface area contributed by atoms with Crippen LogP contribution in [0.1, 0.15) is 16.1 Å². The van der Waals surface area contributed by atoms with Gasteiger partial charge in [0, 0.05) is 5.39 Å². The van der Waals surface area contributed by atoms with Crippen molar-refractivity contribution in [2.24, 2.45) is 0 Å². The van der Waals surface area contributed by atoms with Crippen LogP contribution in [0.4, 0.5) is 22.0 Å². The topological polar surface area (TPSA) is 74.6 Å². The Bertz CT molecular complexity index is 1570. The Hall–Kier alpha value is -3.93. The number of ether oxygens (including phenoxy) is 2. The minimum atomic E-state index is -4.66. The van der Waals surface area contributed by atoms with E-state index < -0.39 is 56.2 Å². The third-order valence-electron chi connectivity index (χ3n) is 5.23. The predicted octanol–water partition coefficient (Wildman–Crippen LogP) is 4.82. The van der Waals surface area contributed by atoms with Gasteiger partial charge in [-0.2, -0.15) is 0 Å². The van der Waals surface area contributed by atoms with E-state index in [1.165, 1.54) is 56.7 Å². The summed E-state index contributed by atoms with van der Waals surface area (Å²) in [5, 5.41) is -0.0291. The minimum absolute atomic E-state index is 0.0291. The van der Waals surface area contributed by atoms with Crippen molar-refractivity contribution >= 4 is 26.7 Å². The Kier molecular flexibility index (Phi) is 6.01. The number of carbonyl (C=O) groups excluding carboxylic acids is 1. The predicted molar refractivity (Wildman–Crippen MR) is 114 cm³/mol. The van der Waals surface area contributed by atoms with Crippen LogP contribution in [0.2, 0.25) is 0 Å². The van der Waals surface area contributed by atoms with Gasteiger partial charge in [-0.05, 0) is 30.3 Å². The molecule has 0 N–H and O–H groups in total. The number of benzene rings is 3. The number of hydrogen-bond acceptors (Lipinski definition) is 5. The van der Waals surface area contributed by atoms with E-state index in [0.29, 0.717) is 3.97 Å². The zero-order valence-electron chi connectivity index (χ0n) is 17.9. The third-order valence-corrected chi connectivity index (χ3v) is 6.96. The molecular weight excluding hydrogens is 497 g/mol. The van der Waals surface area contributed by atoms with Crippen molar-refractivity contribution in [3.05, 3.63) is 88.9 Å². The van der Waals surface area contributed by atoms with Crippen molar-refractivity contribution in [3.8, 4) is 11.5 Å². The number of rotatable bonds is 6. The summed E-state index contributed by atoms with van der Waals surface area (Å²) in [7, 11) is -2.21. The molecule has 0 aliphatic rings. The van der Waals surface area contributed by atoms with E-state index in [-0.39, 0.29) is 27.3 Å². The Labute approximate surface area is 195 Å². The number of methoxy groups -OCH3 is 2. The van der Waals surface area contributed by atoms with Crippen LogP contribution in [0.25, 0.3) is 10.9 Å². The van der Waals surface area contributed by atoms with Gasteiger partial charge in [0.05, 0.1) is 19.1 Å². The lowest BCUT2D eigenvalue weighted by Crippen LogP contribution is -2.21. The van der Waals surface area contributed by atoms with E-state index in [1.54, 1.807) is 0 Å². The van der Waals surface area contributed by atoms with Crippen LogP contribution >= 0.6 is 0 Å². The van der Waals surface area contributed by atoms with Gasteiger partial charge in [0.15, 0.2) is 23.3 Å². The summed E-state index contributed by atoms with van der Waals surface area (Å²) < 4.78 is 108. The number of ketones is 1. The standard InChI is InChI=1S/C23H14F5NO5S/c1-33-14-8-9-15(34-2)22-12(14)10-13(29(22)35(31,32)11-6-4-3-5-7-11)23(30)16-17(24)19(26)21(28)20(27)18(16)25/h3-10H,1-2H3. The second-order valence-electron chi connectivity index (χ2n) is 7.12. The summed E-state index contributed by atoms with van der Waals surface area (Å²) >= 11 is 0. The van der Waals surface area contributed by atoms with E-state index in [4.69, 9.17) is 9.47 Å². The number of halogens is 5. The van der Waals surface area contributed by atoms with E-state index in [0.717, 1.165) is 6.07 Å². The molecule has 1 aromatic heterocycles. The number of nitrogens with zero attached hydrogens (tertiary/aromatic N) is 1. The highest BCUT2D eigenvalue weighted by Gasteiger charge is 2.35. The monoisotopic (exact) mass is 511 g/mol. The lowest BCUT2D eigenvalue weighted by atomic mass is 10.1. The van der Waals surface area contributed by atoms with Crippen LogP contribution in [0.15, 0.2) is 53.4 Å². The maximum atomic E-state index is 14.5. The van der Waals surface area contributed by atoms with E-state index in [2.05, 4.69) is 0 Å². The molecule has 0 unspecified atom stereocenters. The fraction of sp³-hybridized carbons (Fsp3) is 0.0870. The highest BCUT2D eigenvalue weighted by Crippen LogP contribution is 2.39. The van der Waals surface area contributed by atoms with Gasteiger partial charge >= 0.3 is 0 Å². The van der Waals surface area contributed by atoms with Gasteiger partial charge in [0.2, 0.25) is 11.6 Å². The number of carbonyl (C=O) groups is 1. The largest absolute Gasteiger partial charge is 0.496 e. The van der Waals surface area contributed by atoms with Gasteiger partial charge in [-0.1, -0.05) is 18.2 Å². The van der Waals surface area contributed by atoms with Crippen LogP contribution in [0.5, 0.6) is 11.5 Å². The average molecular weight is 511 g/mol. The van der Waals surface area contributed by atoms with E-state index >= 15 is 0 Å². The average Bonchev–Trinajstić information content (AvgIpc) is 3.28. The van der Waals surface area contributed by atoms with Gasteiger partial charge in [-0.15, -0.1) is 0 Å². The molecule has 0 saturated carbocycles. The molecule has 0 amide bonds. The molecule has 0 saturated heterocycles. The first-order valence-electron chi connectivity index (χ1n) is 9.69. The lowest BCUT2D eigenvalue weighted by molar-refractivity contribution is 0.102. The fourth-order valence-electron chi connectivity index (χ4n) is 3.61. The van der Waals surface area contributed by atoms with Crippen molar-refractivity contribution in [2.75, 3.05) is 14.2 Å². The molecule has 3 aromatic carbocycles. The Morgan fingerprint density at radius 1 is 0.771 bits per heavy atom. The maximum absolute atomic E-state index is 14.5. The molecular formula is C23H14F5NO5S. The van der Waals surface area contributed by atoms with E-state index in [9.17, 15) is 35.2 Å². The lowest BCUT2D eigenvalue weighted by Gasteiger charge is -2.14. The van der Waals surface area contributed by atoms with Crippen molar-refractivity contribution < 1.29 is 44.6 Å². The molecule has 0 aliphatic carbocycles. The summed E-state index contributed by atoms with van der Waals surface area (Å²) in [5.74, 6) is -13.8. The summed E-state index contributed by atoms with van der Waals surface area (Å²) in [6.45, 7) is 0. The molecule has 1 heterocycles. The van der Waals surface area contributed by atoms with Crippen LogP contribution in [0.3, 0.4) is 0 Å². The summed E-state index contributed by atoms with van der Waals surface area (Å²) in [6.07, 6.45) is 0. The zero-order valence-corrected chi connectivity index (χ0v) is 18.7. The zero-order chi connectivity index (χ0) is 25.7. The Morgan fingerprint density at radius 3 is 1.83 bits per heavy atom. The van der Waals surface area contributed by atoms with Crippen LogP contribution in [0, 0.1) is 29.1 Å². The normalized spacial score (nSPS) is 11.6.